The molecule has 34 heavy (non-hydrogen) atoms. The van der Waals surface area contributed by atoms with E-state index in [1.807, 2.05) is 0 Å². The zero-order valence-electron chi connectivity index (χ0n) is 19.9. The number of fused-ring (bicyclic) bond motifs is 2. The first-order chi connectivity index (χ1) is 16.4. The number of carbonyl (C=O) groups is 1. The molecule has 0 radical (unpaired) electrons. The highest BCUT2D eigenvalue weighted by molar-refractivity contribution is 5.96. The van der Waals surface area contributed by atoms with Crippen molar-refractivity contribution in [1.29, 1.82) is 0 Å². The molecule has 9 heteroatoms. The van der Waals surface area contributed by atoms with E-state index in [4.69, 9.17) is 18.9 Å². The number of rotatable bonds is 6. The third-order valence-electron chi connectivity index (χ3n) is 8.18. The number of aliphatic hydroxyl groups is 1. The van der Waals surface area contributed by atoms with Crippen LogP contribution in [0.4, 0.5) is 10.1 Å². The number of aliphatic hydroxyl groups excluding tert-OH is 1. The minimum Gasteiger partial charge on any atom is -0.504 e. The molecule has 1 aromatic rings. The largest absolute Gasteiger partial charge is 0.504 e. The number of carbonyl (C=O) groups excluding carboxylic acids is 1. The van der Waals surface area contributed by atoms with Crippen molar-refractivity contribution in [2.45, 2.75) is 43.6 Å². The summed E-state index contributed by atoms with van der Waals surface area (Å²) in [5.74, 6) is -0.180. The number of hydrogen-bond donors (Lipinski definition) is 2. The smallest absolute Gasteiger partial charge is 0.188 e. The molecule has 1 aromatic carbocycles. The average Bonchev–Trinajstić information content (AvgIpc) is 3.16. The summed E-state index contributed by atoms with van der Waals surface area (Å²) in [6.45, 7) is 3.93. The van der Waals surface area contributed by atoms with Gasteiger partial charge in [0.15, 0.2) is 11.5 Å². The summed E-state index contributed by atoms with van der Waals surface area (Å²) < 4.78 is 38.5. The summed E-state index contributed by atoms with van der Waals surface area (Å²) in [4.78, 5) is 15.1. The summed E-state index contributed by atoms with van der Waals surface area (Å²) in [6, 6.07) is 2.72. The topological polar surface area (TPSA) is 89.5 Å². The standard InChI is InChI=1S/C25H33FN2O6/c1-4-15-12-28-6-5-24-23-19(9-16(26)10-21(23)32-3)27-25(24,34-8-7-33-24)22(28)11-17(15)18(14-31-2)20(30)13-29/h9-10,14-15,17,22,27,29H,4-8,11-13H2,1-3H3/b18-14+/t15-,17+,22+,24+,25+/m1/s1. The lowest BCUT2D eigenvalue weighted by Crippen LogP contribution is -2.75. The van der Waals surface area contributed by atoms with Crippen LogP contribution in [0.2, 0.25) is 0 Å². The molecule has 0 spiro atoms. The maximum atomic E-state index is 14.5. The Morgan fingerprint density at radius 1 is 1.35 bits per heavy atom. The molecule has 5 atom stereocenters. The molecule has 186 valence electrons. The van der Waals surface area contributed by atoms with Gasteiger partial charge < -0.3 is 29.4 Å². The Balaban J connectivity index is 1.61. The number of hydrogen-bond acceptors (Lipinski definition) is 8. The molecule has 4 aliphatic heterocycles. The van der Waals surface area contributed by atoms with Gasteiger partial charge in [-0.05, 0) is 30.7 Å². The molecule has 3 fully saturated rings. The van der Waals surface area contributed by atoms with Gasteiger partial charge in [-0.15, -0.1) is 0 Å². The van der Waals surface area contributed by atoms with Crippen molar-refractivity contribution in [2.75, 3.05) is 52.4 Å². The van der Waals surface area contributed by atoms with Crippen LogP contribution < -0.4 is 10.1 Å². The molecule has 0 aliphatic carbocycles. The van der Waals surface area contributed by atoms with Gasteiger partial charge in [-0.25, -0.2) is 4.39 Å². The van der Waals surface area contributed by atoms with Gasteiger partial charge in [0.1, 0.15) is 23.8 Å². The van der Waals surface area contributed by atoms with Gasteiger partial charge in [-0.3, -0.25) is 9.69 Å². The van der Waals surface area contributed by atoms with Gasteiger partial charge in [0.25, 0.3) is 0 Å². The average molecular weight is 477 g/mol. The number of ether oxygens (including phenoxy) is 4. The summed E-state index contributed by atoms with van der Waals surface area (Å²) in [5.41, 5.74) is 0.124. The van der Waals surface area contributed by atoms with E-state index in [9.17, 15) is 14.3 Å². The fraction of sp³-hybridized carbons (Fsp3) is 0.640. The van der Waals surface area contributed by atoms with Crippen molar-refractivity contribution >= 4 is 11.5 Å². The Morgan fingerprint density at radius 3 is 2.85 bits per heavy atom. The van der Waals surface area contributed by atoms with Crippen molar-refractivity contribution in [1.82, 2.24) is 4.90 Å². The molecule has 3 saturated heterocycles. The zero-order valence-corrected chi connectivity index (χ0v) is 19.9. The Hall–Kier alpha value is -2.20. The highest BCUT2D eigenvalue weighted by Crippen LogP contribution is 2.61. The number of benzene rings is 1. The van der Waals surface area contributed by atoms with Crippen molar-refractivity contribution in [3.8, 4) is 5.75 Å². The van der Waals surface area contributed by atoms with E-state index < -0.39 is 23.8 Å². The lowest BCUT2D eigenvalue weighted by atomic mass is 9.66. The second-order valence-electron chi connectivity index (χ2n) is 9.58. The van der Waals surface area contributed by atoms with Crippen LogP contribution in [0.1, 0.15) is 31.7 Å². The van der Waals surface area contributed by atoms with Gasteiger partial charge in [-0.2, -0.15) is 0 Å². The van der Waals surface area contributed by atoms with Gasteiger partial charge in [0.05, 0.1) is 45.3 Å². The Morgan fingerprint density at radius 2 is 2.15 bits per heavy atom. The monoisotopic (exact) mass is 476 g/mol. The third-order valence-corrected chi connectivity index (χ3v) is 8.18. The first kappa shape index (κ1) is 23.5. The lowest BCUT2D eigenvalue weighted by molar-refractivity contribution is -0.297. The first-order valence-corrected chi connectivity index (χ1v) is 12.0. The highest BCUT2D eigenvalue weighted by atomic mass is 19.1. The van der Waals surface area contributed by atoms with Gasteiger partial charge in [-0.1, -0.05) is 13.3 Å². The van der Waals surface area contributed by atoms with E-state index in [-0.39, 0.29) is 23.7 Å². The number of methoxy groups -OCH3 is 2. The van der Waals surface area contributed by atoms with Gasteiger partial charge in [0, 0.05) is 30.4 Å². The van der Waals surface area contributed by atoms with Crippen molar-refractivity contribution in [3.63, 3.8) is 0 Å². The molecule has 5 rings (SSSR count). The summed E-state index contributed by atoms with van der Waals surface area (Å²) >= 11 is 0. The molecule has 2 N–H and O–H groups in total. The predicted molar refractivity (Wildman–Crippen MR) is 122 cm³/mol. The van der Waals surface area contributed by atoms with Crippen LogP contribution in [-0.2, 0) is 24.6 Å². The van der Waals surface area contributed by atoms with E-state index in [0.717, 1.165) is 25.1 Å². The number of piperidine rings is 2. The van der Waals surface area contributed by atoms with E-state index in [1.54, 1.807) is 0 Å². The molecular weight excluding hydrogens is 443 g/mol. The van der Waals surface area contributed by atoms with Crippen LogP contribution >= 0.6 is 0 Å². The third kappa shape index (κ3) is 3.21. The molecule has 0 amide bonds. The van der Waals surface area contributed by atoms with E-state index in [2.05, 4.69) is 17.1 Å². The molecule has 0 aromatic heterocycles. The molecule has 4 aliphatic rings. The number of nitrogens with one attached hydrogen (secondary N) is 1. The van der Waals surface area contributed by atoms with Crippen LogP contribution in [0.3, 0.4) is 0 Å². The number of Topliss-reactive ketones (excluding diaryl/α,β-unsaturated/α-hetero) is 1. The first-order valence-electron chi connectivity index (χ1n) is 12.0. The number of anilines is 1. The molecule has 0 bridgehead atoms. The normalized spacial score (nSPS) is 34.9. The van der Waals surface area contributed by atoms with Gasteiger partial charge in [0.2, 0.25) is 0 Å². The summed E-state index contributed by atoms with van der Waals surface area (Å²) in [5, 5.41) is 13.2. The maximum absolute atomic E-state index is 14.5. The fourth-order valence-corrected chi connectivity index (χ4v) is 6.81. The number of nitrogens with zero attached hydrogens (tertiary/aromatic N) is 1. The van der Waals surface area contributed by atoms with Crippen molar-refractivity contribution in [2.24, 2.45) is 11.8 Å². The van der Waals surface area contributed by atoms with Crippen LogP contribution in [0.5, 0.6) is 5.75 Å². The minimum absolute atomic E-state index is 0.120. The molecule has 8 nitrogen and oxygen atoms in total. The maximum Gasteiger partial charge on any atom is 0.188 e. The van der Waals surface area contributed by atoms with Crippen LogP contribution in [0.15, 0.2) is 24.0 Å². The zero-order chi connectivity index (χ0) is 24.1. The number of ketones is 1. The Bertz CT molecular complexity index is 1000. The SMILES string of the molecule is CC[C@@H]1CN2CC[C@@]34OCCO[C@@]3(Nc3cc(F)cc(OC)c34)[C@@H]2C[C@@H]1/C(=C\OC)C(=O)CO. The van der Waals surface area contributed by atoms with Crippen LogP contribution in [-0.4, -0.2) is 74.7 Å². The number of halogens is 1. The Kier molecular flexibility index (Phi) is 6.08. The van der Waals surface area contributed by atoms with E-state index in [0.29, 0.717) is 43.1 Å². The fourth-order valence-electron chi connectivity index (χ4n) is 6.81. The summed E-state index contributed by atoms with van der Waals surface area (Å²) in [7, 11) is 3.05. The second kappa shape index (κ2) is 8.78. The predicted octanol–water partition coefficient (Wildman–Crippen LogP) is 2.41. The Labute approximate surface area is 199 Å². The second-order valence-corrected chi connectivity index (χ2v) is 9.58. The quantitative estimate of drug-likeness (QED) is 0.478. The van der Waals surface area contributed by atoms with E-state index >= 15 is 0 Å². The van der Waals surface area contributed by atoms with Crippen molar-refractivity contribution in [3.05, 3.63) is 35.3 Å². The molecule has 0 unspecified atom stereocenters. The summed E-state index contributed by atoms with van der Waals surface area (Å²) in [6.07, 6.45) is 3.64. The molecular formula is C25H33FN2O6. The highest BCUT2D eigenvalue weighted by Gasteiger charge is 2.70. The van der Waals surface area contributed by atoms with Gasteiger partial charge >= 0.3 is 0 Å². The molecule has 4 heterocycles. The van der Waals surface area contributed by atoms with E-state index in [1.165, 1.54) is 32.6 Å². The minimum atomic E-state index is -0.954. The van der Waals surface area contributed by atoms with Crippen LogP contribution in [0, 0.1) is 17.7 Å². The van der Waals surface area contributed by atoms with Crippen molar-refractivity contribution < 1.29 is 33.2 Å². The lowest BCUT2D eigenvalue weighted by Gasteiger charge is -2.61. The van der Waals surface area contributed by atoms with Crippen LogP contribution in [0.25, 0.3) is 0 Å². The molecule has 0 saturated carbocycles.